The molecule has 1 fully saturated rings. The van der Waals surface area contributed by atoms with E-state index >= 15 is 0 Å². The maximum atomic E-state index is 13.0. The number of anilines is 2. The minimum Gasteiger partial charge on any atom is -0.326 e. The van der Waals surface area contributed by atoms with E-state index < -0.39 is 29.5 Å². The normalized spacial score (nSPS) is 18.7. The molecule has 0 radical (unpaired) electrons. The van der Waals surface area contributed by atoms with Gasteiger partial charge in [-0.15, -0.1) is 0 Å². The minimum atomic E-state index is -4.56. The highest BCUT2D eigenvalue weighted by Gasteiger charge is 2.48. The van der Waals surface area contributed by atoms with Gasteiger partial charge in [-0.3, -0.25) is 9.59 Å². The number of amides is 2. The molecule has 4 nitrogen and oxygen atoms in total. The predicted molar refractivity (Wildman–Crippen MR) is 96.2 cm³/mol. The third-order valence-electron chi connectivity index (χ3n) is 4.44. The van der Waals surface area contributed by atoms with Gasteiger partial charge in [-0.1, -0.05) is 18.2 Å². The monoisotopic (exact) mass is 376 g/mol. The zero-order valence-corrected chi connectivity index (χ0v) is 14.9. The maximum absolute atomic E-state index is 13.0. The van der Waals surface area contributed by atoms with Crippen molar-refractivity contribution >= 4 is 23.2 Å². The van der Waals surface area contributed by atoms with Crippen LogP contribution in [0.2, 0.25) is 0 Å². The highest BCUT2D eigenvalue weighted by atomic mass is 19.4. The lowest BCUT2D eigenvalue weighted by atomic mass is 10.1. The van der Waals surface area contributed by atoms with Gasteiger partial charge in [0, 0.05) is 5.69 Å². The Morgan fingerprint density at radius 2 is 1.48 bits per heavy atom. The van der Waals surface area contributed by atoms with Gasteiger partial charge >= 0.3 is 6.18 Å². The number of carbonyl (C=O) groups excluding carboxylic acids is 2. The summed E-state index contributed by atoms with van der Waals surface area (Å²) in [5, 5.41) is 5.08. The van der Waals surface area contributed by atoms with Gasteiger partial charge in [-0.25, -0.2) is 0 Å². The standard InChI is InChI=1S/C20H19F3N2O2/c1-11-7-12(2)9-13(8-11)24-18(26)14-10-15(14)19(27)25-17-6-4-3-5-16(17)20(21,22)23/h3-9,14-15H,10H2,1-2H3,(H,24,26)(H,25,27). The Balaban J connectivity index is 1.63. The van der Waals surface area contributed by atoms with Crippen LogP contribution in [0.4, 0.5) is 24.5 Å². The number of halogens is 3. The molecule has 7 heteroatoms. The topological polar surface area (TPSA) is 58.2 Å². The molecule has 142 valence electrons. The summed E-state index contributed by atoms with van der Waals surface area (Å²) in [7, 11) is 0. The summed E-state index contributed by atoms with van der Waals surface area (Å²) >= 11 is 0. The summed E-state index contributed by atoms with van der Waals surface area (Å²) in [4.78, 5) is 24.6. The molecule has 1 aliphatic carbocycles. The van der Waals surface area contributed by atoms with Crippen molar-refractivity contribution in [2.24, 2.45) is 11.8 Å². The van der Waals surface area contributed by atoms with Gasteiger partial charge in [0.05, 0.1) is 23.1 Å². The van der Waals surface area contributed by atoms with E-state index in [0.717, 1.165) is 17.2 Å². The molecule has 1 aliphatic rings. The second-order valence-electron chi connectivity index (χ2n) is 6.85. The molecule has 0 aromatic heterocycles. The number of hydrogen-bond donors (Lipinski definition) is 2. The first-order valence-electron chi connectivity index (χ1n) is 8.51. The van der Waals surface area contributed by atoms with E-state index in [1.165, 1.54) is 18.2 Å². The Kier molecular flexibility index (Phi) is 4.95. The largest absolute Gasteiger partial charge is 0.418 e. The average Bonchev–Trinajstić information content (AvgIpc) is 3.34. The van der Waals surface area contributed by atoms with E-state index in [9.17, 15) is 22.8 Å². The maximum Gasteiger partial charge on any atom is 0.418 e. The molecule has 0 bridgehead atoms. The fourth-order valence-corrected chi connectivity index (χ4v) is 3.12. The third-order valence-corrected chi connectivity index (χ3v) is 4.44. The van der Waals surface area contributed by atoms with Crippen LogP contribution in [0.3, 0.4) is 0 Å². The van der Waals surface area contributed by atoms with Crippen molar-refractivity contribution in [3.8, 4) is 0 Å². The summed E-state index contributed by atoms with van der Waals surface area (Å²) in [5.74, 6) is -2.04. The lowest BCUT2D eigenvalue weighted by molar-refractivity contribution is -0.137. The van der Waals surface area contributed by atoms with Gasteiger partial charge in [0.25, 0.3) is 0 Å². The van der Waals surface area contributed by atoms with E-state index in [1.54, 1.807) is 0 Å². The molecule has 27 heavy (non-hydrogen) atoms. The SMILES string of the molecule is Cc1cc(C)cc(NC(=O)C2CC2C(=O)Nc2ccccc2C(F)(F)F)c1. The van der Waals surface area contributed by atoms with E-state index in [4.69, 9.17) is 0 Å². The number of aryl methyl sites for hydroxylation is 2. The summed E-state index contributed by atoms with van der Waals surface area (Å²) < 4.78 is 39.0. The number of hydrogen-bond acceptors (Lipinski definition) is 2. The quantitative estimate of drug-likeness (QED) is 0.823. The molecule has 0 heterocycles. The first-order valence-corrected chi connectivity index (χ1v) is 8.51. The molecule has 2 aromatic carbocycles. The van der Waals surface area contributed by atoms with Crippen molar-refractivity contribution in [2.75, 3.05) is 10.6 Å². The van der Waals surface area contributed by atoms with Crippen LogP contribution >= 0.6 is 0 Å². The Hall–Kier alpha value is -2.83. The number of para-hydroxylation sites is 1. The van der Waals surface area contributed by atoms with Crippen LogP contribution in [0.5, 0.6) is 0 Å². The smallest absolute Gasteiger partial charge is 0.326 e. The zero-order chi connectivity index (χ0) is 19.8. The number of carbonyl (C=O) groups is 2. The highest BCUT2D eigenvalue weighted by Crippen LogP contribution is 2.41. The zero-order valence-electron chi connectivity index (χ0n) is 14.9. The summed E-state index contributed by atoms with van der Waals surface area (Å²) in [6, 6.07) is 10.4. The van der Waals surface area contributed by atoms with Crippen LogP contribution < -0.4 is 10.6 Å². The van der Waals surface area contributed by atoms with E-state index in [1.807, 2.05) is 32.0 Å². The second kappa shape index (κ2) is 7.06. The van der Waals surface area contributed by atoms with E-state index in [-0.39, 0.29) is 11.6 Å². The number of benzene rings is 2. The average molecular weight is 376 g/mol. The van der Waals surface area contributed by atoms with Crippen LogP contribution in [0.15, 0.2) is 42.5 Å². The fraction of sp³-hybridized carbons (Fsp3) is 0.300. The van der Waals surface area contributed by atoms with Crippen molar-refractivity contribution in [2.45, 2.75) is 26.4 Å². The third kappa shape index (κ3) is 4.48. The molecule has 0 spiro atoms. The molecular formula is C20H19F3N2O2. The van der Waals surface area contributed by atoms with Gasteiger partial charge < -0.3 is 10.6 Å². The number of alkyl halides is 3. The van der Waals surface area contributed by atoms with E-state index in [2.05, 4.69) is 10.6 Å². The lowest BCUT2D eigenvalue weighted by Gasteiger charge is -2.13. The van der Waals surface area contributed by atoms with Crippen molar-refractivity contribution in [3.63, 3.8) is 0 Å². The van der Waals surface area contributed by atoms with Crippen LogP contribution in [0.25, 0.3) is 0 Å². The molecule has 1 saturated carbocycles. The van der Waals surface area contributed by atoms with Crippen LogP contribution in [0, 0.1) is 25.7 Å². The van der Waals surface area contributed by atoms with Gasteiger partial charge in [-0.05, 0) is 55.7 Å². The Labute approximate surface area is 154 Å². The van der Waals surface area contributed by atoms with Crippen molar-refractivity contribution in [1.29, 1.82) is 0 Å². The van der Waals surface area contributed by atoms with Gasteiger partial charge in [0.15, 0.2) is 0 Å². The minimum absolute atomic E-state index is 0.296. The first-order chi connectivity index (χ1) is 12.6. The number of nitrogens with one attached hydrogen (secondary N) is 2. The molecule has 2 N–H and O–H groups in total. The van der Waals surface area contributed by atoms with Crippen molar-refractivity contribution < 1.29 is 22.8 Å². The summed E-state index contributed by atoms with van der Waals surface area (Å²) in [5.41, 5.74) is 1.44. The summed E-state index contributed by atoms with van der Waals surface area (Å²) in [6.45, 7) is 3.82. The van der Waals surface area contributed by atoms with Crippen molar-refractivity contribution in [3.05, 3.63) is 59.2 Å². The second-order valence-corrected chi connectivity index (χ2v) is 6.85. The molecule has 0 aliphatic heterocycles. The first kappa shape index (κ1) is 18.9. The molecular weight excluding hydrogens is 357 g/mol. The molecule has 2 unspecified atom stereocenters. The van der Waals surface area contributed by atoms with Crippen LogP contribution in [-0.4, -0.2) is 11.8 Å². The summed E-state index contributed by atoms with van der Waals surface area (Å²) in [6.07, 6.45) is -4.25. The molecule has 0 saturated heterocycles. The fourth-order valence-electron chi connectivity index (χ4n) is 3.12. The Morgan fingerprint density at radius 1 is 0.926 bits per heavy atom. The molecule has 3 rings (SSSR count). The Bertz CT molecular complexity index is 873. The molecule has 2 atom stereocenters. The highest BCUT2D eigenvalue weighted by molar-refractivity contribution is 6.03. The number of rotatable bonds is 4. The van der Waals surface area contributed by atoms with Gasteiger partial charge in [0.2, 0.25) is 11.8 Å². The van der Waals surface area contributed by atoms with Gasteiger partial charge in [-0.2, -0.15) is 13.2 Å². The van der Waals surface area contributed by atoms with Crippen molar-refractivity contribution in [1.82, 2.24) is 0 Å². The molecule has 2 aromatic rings. The van der Waals surface area contributed by atoms with Crippen LogP contribution in [0.1, 0.15) is 23.1 Å². The Morgan fingerprint density at radius 3 is 2.07 bits per heavy atom. The van der Waals surface area contributed by atoms with Crippen LogP contribution in [-0.2, 0) is 15.8 Å². The molecule has 2 amide bonds. The van der Waals surface area contributed by atoms with E-state index in [0.29, 0.717) is 12.1 Å². The predicted octanol–water partition coefficient (Wildman–Crippen LogP) is 4.54. The van der Waals surface area contributed by atoms with Gasteiger partial charge in [0.1, 0.15) is 0 Å². The lowest BCUT2D eigenvalue weighted by Crippen LogP contribution is -2.22.